The summed E-state index contributed by atoms with van der Waals surface area (Å²) in [5.41, 5.74) is 1.59. The first kappa shape index (κ1) is 14.1. The lowest BCUT2D eigenvalue weighted by molar-refractivity contribution is -0.384. The third kappa shape index (κ3) is 3.39. The van der Waals surface area contributed by atoms with Crippen molar-refractivity contribution in [1.29, 1.82) is 0 Å². The molecule has 0 fully saturated rings. The molecule has 0 aliphatic rings. The fraction of sp³-hybridized carbons (Fsp3) is 0.143. The van der Waals surface area contributed by atoms with E-state index in [4.69, 9.17) is 16.3 Å². The summed E-state index contributed by atoms with van der Waals surface area (Å²) in [5.74, 6) is 0.691. The van der Waals surface area contributed by atoms with E-state index in [1.807, 2.05) is 6.07 Å². The number of non-ortho nitro benzene ring substituents is 1. The Labute approximate surface area is 121 Å². The Morgan fingerprint density at radius 2 is 2.10 bits per heavy atom. The molecule has 0 bridgehead atoms. The van der Waals surface area contributed by atoms with Gasteiger partial charge in [0.25, 0.3) is 5.69 Å². The van der Waals surface area contributed by atoms with Gasteiger partial charge in [-0.1, -0.05) is 23.7 Å². The number of nitro groups is 1. The van der Waals surface area contributed by atoms with Crippen molar-refractivity contribution >= 4 is 23.0 Å². The first-order chi connectivity index (χ1) is 9.60. The number of nitrogens with zero attached hydrogens (tertiary/aromatic N) is 1. The lowest BCUT2D eigenvalue weighted by Gasteiger charge is -2.10. The van der Waals surface area contributed by atoms with Gasteiger partial charge < -0.3 is 10.1 Å². The van der Waals surface area contributed by atoms with E-state index in [0.717, 1.165) is 11.3 Å². The fourth-order valence-electron chi connectivity index (χ4n) is 1.74. The Morgan fingerprint density at radius 3 is 2.80 bits per heavy atom. The Bertz CT molecular complexity index is 632. The highest BCUT2D eigenvalue weighted by molar-refractivity contribution is 6.33. The normalized spacial score (nSPS) is 10.1. The van der Waals surface area contributed by atoms with Crippen LogP contribution in [0.2, 0.25) is 5.02 Å². The molecule has 2 rings (SSSR count). The largest absolute Gasteiger partial charge is 0.497 e. The van der Waals surface area contributed by atoms with Gasteiger partial charge in [0, 0.05) is 24.7 Å². The van der Waals surface area contributed by atoms with Crippen LogP contribution in [0.1, 0.15) is 5.56 Å². The van der Waals surface area contributed by atoms with Crippen LogP contribution < -0.4 is 10.1 Å². The zero-order chi connectivity index (χ0) is 14.5. The number of nitrogens with one attached hydrogen (secondary N) is 1. The highest BCUT2D eigenvalue weighted by Gasteiger charge is 2.06. The van der Waals surface area contributed by atoms with Crippen LogP contribution in [0.25, 0.3) is 0 Å². The molecule has 2 aromatic rings. The quantitative estimate of drug-likeness (QED) is 0.671. The minimum Gasteiger partial charge on any atom is -0.497 e. The maximum Gasteiger partial charge on any atom is 0.269 e. The van der Waals surface area contributed by atoms with Gasteiger partial charge >= 0.3 is 0 Å². The Balaban J connectivity index is 2.12. The van der Waals surface area contributed by atoms with Gasteiger partial charge in [-0.05, 0) is 17.7 Å². The number of benzene rings is 2. The molecule has 1 N–H and O–H groups in total. The molecule has 5 nitrogen and oxygen atoms in total. The van der Waals surface area contributed by atoms with Gasteiger partial charge in [-0.2, -0.15) is 0 Å². The number of hydrogen-bond donors (Lipinski definition) is 1. The summed E-state index contributed by atoms with van der Waals surface area (Å²) in [5, 5.41) is 14.4. The van der Waals surface area contributed by atoms with Gasteiger partial charge in [0.15, 0.2) is 0 Å². The van der Waals surface area contributed by atoms with E-state index in [1.165, 1.54) is 12.1 Å². The molecule has 0 radical (unpaired) electrons. The van der Waals surface area contributed by atoms with E-state index in [0.29, 0.717) is 17.3 Å². The summed E-state index contributed by atoms with van der Waals surface area (Å²) in [7, 11) is 1.58. The van der Waals surface area contributed by atoms with Crippen molar-refractivity contribution in [2.75, 3.05) is 12.4 Å². The first-order valence-electron chi connectivity index (χ1n) is 5.91. The van der Waals surface area contributed by atoms with Crippen molar-refractivity contribution in [2.24, 2.45) is 0 Å². The summed E-state index contributed by atoms with van der Waals surface area (Å²) in [4.78, 5) is 10.3. The average Bonchev–Trinajstić information content (AvgIpc) is 2.46. The van der Waals surface area contributed by atoms with Crippen LogP contribution >= 0.6 is 11.6 Å². The molecule has 0 saturated carbocycles. The van der Waals surface area contributed by atoms with Gasteiger partial charge in [-0.25, -0.2) is 0 Å². The molecule has 0 aliphatic heterocycles. The number of nitro benzene ring substituents is 1. The number of halogens is 1. The van der Waals surface area contributed by atoms with Crippen LogP contribution in [0.5, 0.6) is 5.75 Å². The second-order valence-corrected chi connectivity index (χ2v) is 4.53. The standard InChI is InChI=1S/C14H13ClN2O3/c1-20-12-5-6-13(15)14(8-12)16-9-10-3-2-4-11(7-10)17(18)19/h2-8,16H,9H2,1H3. The van der Waals surface area contributed by atoms with E-state index < -0.39 is 4.92 Å². The third-order valence-corrected chi connectivity index (χ3v) is 3.11. The van der Waals surface area contributed by atoms with Crippen molar-refractivity contribution in [3.05, 3.63) is 63.2 Å². The second-order valence-electron chi connectivity index (χ2n) is 4.13. The molecule has 0 aromatic heterocycles. The third-order valence-electron chi connectivity index (χ3n) is 2.78. The van der Waals surface area contributed by atoms with Gasteiger partial charge in [0.1, 0.15) is 5.75 Å². The molecule has 0 spiro atoms. The molecule has 0 atom stereocenters. The van der Waals surface area contributed by atoms with Gasteiger partial charge in [0.05, 0.1) is 22.7 Å². The summed E-state index contributed by atoms with van der Waals surface area (Å²) in [6.07, 6.45) is 0. The minimum atomic E-state index is -0.415. The van der Waals surface area contributed by atoms with Crippen LogP contribution in [-0.4, -0.2) is 12.0 Å². The van der Waals surface area contributed by atoms with Crippen molar-refractivity contribution in [2.45, 2.75) is 6.54 Å². The Hall–Kier alpha value is -2.27. The maximum atomic E-state index is 10.7. The summed E-state index contributed by atoms with van der Waals surface area (Å²) >= 11 is 6.07. The Kier molecular flexibility index (Phi) is 4.42. The molecular weight excluding hydrogens is 280 g/mol. The van der Waals surface area contributed by atoms with E-state index in [1.54, 1.807) is 31.4 Å². The van der Waals surface area contributed by atoms with Crippen LogP contribution in [0, 0.1) is 10.1 Å². The van der Waals surface area contributed by atoms with Crippen LogP contribution in [-0.2, 0) is 6.54 Å². The van der Waals surface area contributed by atoms with Crippen LogP contribution in [0.15, 0.2) is 42.5 Å². The highest BCUT2D eigenvalue weighted by atomic mass is 35.5. The molecule has 0 saturated heterocycles. The average molecular weight is 293 g/mol. The highest BCUT2D eigenvalue weighted by Crippen LogP contribution is 2.27. The van der Waals surface area contributed by atoms with E-state index in [9.17, 15) is 10.1 Å². The van der Waals surface area contributed by atoms with E-state index in [2.05, 4.69) is 5.32 Å². The van der Waals surface area contributed by atoms with Crippen LogP contribution in [0.4, 0.5) is 11.4 Å². The predicted molar refractivity (Wildman–Crippen MR) is 78.4 cm³/mol. The number of rotatable bonds is 5. The molecule has 20 heavy (non-hydrogen) atoms. The maximum absolute atomic E-state index is 10.7. The van der Waals surface area contributed by atoms with E-state index >= 15 is 0 Å². The molecule has 104 valence electrons. The van der Waals surface area contributed by atoms with Gasteiger partial charge in [-0.15, -0.1) is 0 Å². The van der Waals surface area contributed by atoms with Crippen molar-refractivity contribution in [3.63, 3.8) is 0 Å². The molecule has 0 amide bonds. The monoisotopic (exact) mass is 292 g/mol. The lowest BCUT2D eigenvalue weighted by Crippen LogP contribution is -2.01. The molecule has 2 aromatic carbocycles. The minimum absolute atomic E-state index is 0.0704. The lowest BCUT2D eigenvalue weighted by atomic mass is 10.2. The second kappa shape index (κ2) is 6.25. The molecule has 0 heterocycles. The summed E-state index contributed by atoms with van der Waals surface area (Å²) in [6, 6.07) is 11.7. The predicted octanol–water partition coefficient (Wildman–Crippen LogP) is 3.87. The number of anilines is 1. The van der Waals surface area contributed by atoms with Crippen LogP contribution in [0.3, 0.4) is 0 Å². The summed E-state index contributed by atoms with van der Waals surface area (Å²) in [6.45, 7) is 0.439. The molecule has 0 unspecified atom stereocenters. The smallest absolute Gasteiger partial charge is 0.269 e. The van der Waals surface area contributed by atoms with Crippen molar-refractivity contribution in [1.82, 2.24) is 0 Å². The van der Waals surface area contributed by atoms with E-state index in [-0.39, 0.29) is 5.69 Å². The number of ether oxygens (including phenoxy) is 1. The Morgan fingerprint density at radius 1 is 1.30 bits per heavy atom. The first-order valence-corrected chi connectivity index (χ1v) is 6.28. The SMILES string of the molecule is COc1ccc(Cl)c(NCc2cccc([N+](=O)[O-])c2)c1. The molecule has 6 heteroatoms. The molecular formula is C14H13ClN2O3. The van der Waals surface area contributed by atoms with Gasteiger partial charge in [0.2, 0.25) is 0 Å². The molecule has 0 aliphatic carbocycles. The fourth-order valence-corrected chi connectivity index (χ4v) is 1.93. The topological polar surface area (TPSA) is 64.4 Å². The van der Waals surface area contributed by atoms with Crippen molar-refractivity contribution in [3.8, 4) is 5.75 Å². The number of methoxy groups -OCH3 is 1. The zero-order valence-corrected chi connectivity index (χ0v) is 11.6. The van der Waals surface area contributed by atoms with Gasteiger partial charge in [-0.3, -0.25) is 10.1 Å². The number of hydrogen-bond acceptors (Lipinski definition) is 4. The van der Waals surface area contributed by atoms with Crippen molar-refractivity contribution < 1.29 is 9.66 Å². The summed E-state index contributed by atoms with van der Waals surface area (Å²) < 4.78 is 5.12. The zero-order valence-electron chi connectivity index (χ0n) is 10.8.